The third kappa shape index (κ3) is 1.97. The van der Waals surface area contributed by atoms with Gasteiger partial charge in [0, 0.05) is 31.2 Å². The lowest BCUT2D eigenvalue weighted by Crippen LogP contribution is -2.32. The monoisotopic (exact) mass is 251 g/mol. The van der Waals surface area contributed by atoms with Crippen molar-refractivity contribution in [3.8, 4) is 6.07 Å². The summed E-state index contributed by atoms with van der Waals surface area (Å²) in [6.45, 7) is 1.52. The second kappa shape index (κ2) is 4.58. The highest BCUT2D eigenvalue weighted by molar-refractivity contribution is 5.57. The summed E-state index contributed by atoms with van der Waals surface area (Å²) in [5.74, 6) is 0.651. The summed E-state index contributed by atoms with van der Waals surface area (Å²) in [6.07, 6.45) is 4.02. The van der Waals surface area contributed by atoms with Gasteiger partial charge in [0.1, 0.15) is 6.07 Å². The SMILES string of the molecule is N#Cc1nccnc1N1CCc2c(N)cccc2C1. The second-order valence-electron chi connectivity index (χ2n) is 4.50. The lowest BCUT2D eigenvalue weighted by molar-refractivity contribution is 0.718. The summed E-state index contributed by atoms with van der Waals surface area (Å²) in [5.41, 5.74) is 9.60. The van der Waals surface area contributed by atoms with Crippen molar-refractivity contribution >= 4 is 11.5 Å². The number of anilines is 2. The molecule has 0 unspecified atom stereocenters. The summed E-state index contributed by atoms with van der Waals surface area (Å²) >= 11 is 0. The minimum Gasteiger partial charge on any atom is -0.398 e. The predicted molar refractivity (Wildman–Crippen MR) is 72.4 cm³/mol. The molecule has 0 saturated heterocycles. The average Bonchev–Trinajstić information content (AvgIpc) is 2.47. The molecule has 5 nitrogen and oxygen atoms in total. The van der Waals surface area contributed by atoms with E-state index < -0.39 is 0 Å². The standard InChI is InChI=1S/C14H13N5/c15-8-13-14(18-6-5-17-13)19-7-4-11-10(9-19)2-1-3-12(11)16/h1-3,5-6H,4,7,9,16H2. The maximum Gasteiger partial charge on any atom is 0.183 e. The van der Waals surface area contributed by atoms with Gasteiger partial charge in [0.15, 0.2) is 11.5 Å². The lowest BCUT2D eigenvalue weighted by Gasteiger charge is -2.30. The average molecular weight is 251 g/mol. The van der Waals surface area contributed by atoms with Crippen LogP contribution in [0, 0.1) is 11.3 Å². The second-order valence-corrected chi connectivity index (χ2v) is 4.50. The molecule has 1 aromatic heterocycles. The molecule has 0 fully saturated rings. The van der Waals surface area contributed by atoms with Crippen molar-refractivity contribution < 1.29 is 0 Å². The van der Waals surface area contributed by atoms with Gasteiger partial charge in [-0.25, -0.2) is 9.97 Å². The Kier molecular flexibility index (Phi) is 2.76. The summed E-state index contributed by atoms with van der Waals surface area (Å²) in [7, 11) is 0. The molecule has 1 aliphatic heterocycles. The number of nitrogens with two attached hydrogens (primary N) is 1. The highest BCUT2D eigenvalue weighted by Gasteiger charge is 2.21. The summed E-state index contributed by atoms with van der Waals surface area (Å²) < 4.78 is 0. The molecule has 2 aromatic rings. The summed E-state index contributed by atoms with van der Waals surface area (Å²) in [5, 5.41) is 9.09. The van der Waals surface area contributed by atoms with Crippen LogP contribution in [-0.2, 0) is 13.0 Å². The first-order valence-corrected chi connectivity index (χ1v) is 6.12. The molecule has 0 spiro atoms. The number of nitrogens with zero attached hydrogens (tertiary/aromatic N) is 4. The van der Waals surface area contributed by atoms with Crippen LogP contribution in [0.3, 0.4) is 0 Å². The van der Waals surface area contributed by atoms with Crippen LogP contribution in [-0.4, -0.2) is 16.5 Å². The van der Waals surface area contributed by atoms with Crippen LogP contribution in [0.2, 0.25) is 0 Å². The van der Waals surface area contributed by atoms with Crippen molar-refractivity contribution in [3.05, 3.63) is 47.4 Å². The molecule has 0 radical (unpaired) electrons. The molecule has 0 aliphatic carbocycles. The molecule has 0 amide bonds. The van der Waals surface area contributed by atoms with E-state index >= 15 is 0 Å². The molecule has 0 atom stereocenters. The smallest absolute Gasteiger partial charge is 0.183 e. The number of benzene rings is 1. The molecule has 2 heterocycles. The lowest BCUT2D eigenvalue weighted by atomic mass is 9.98. The summed E-state index contributed by atoms with van der Waals surface area (Å²) in [6, 6.07) is 8.04. The third-order valence-corrected chi connectivity index (χ3v) is 3.39. The zero-order valence-corrected chi connectivity index (χ0v) is 10.4. The van der Waals surface area contributed by atoms with Crippen molar-refractivity contribution in [3.63, 3.8) is 0 Å². The van der Waals surface area contributed by atoms with Crippen LogP contribution in [0.15, 0.2) is 30.6 Å². The van der Waals surface area contributed by atoms with Crippen LogP contribution in [0.5, 0.6) is 0 Å². The van der Waals surface area contributed by atoms with Gasteiger partial charge in [0.2, 0.25) is 0 Å². The number of aromatic nitrogens is 2. The van der Waals surface area contributed by atoms with Crippen molar-refractivity contribution in [1.82, 2.24) is 9.97 Å². The highest BCUT2D eigenvalue weighted by atomic mass is 15.2. The fourth-order valence-corrected chi connectivity index (χ4v) is 2.46. The fourth-order valence-electron chi connectivity index (χ4n) is 2.46. The van der Waals surface area contributed by atoms with E-state index in [1.165, 1.54) is 17.3 Å². The number of hydrogen-bond acceptors (Lipinski definition) is 5. The predicted octanol–water partition coefficient (Wildman–Crippen LogP) is 1.49. The number of nitriles is 1. The molecule has 0 bridgehead atoms. The van der Waals surface area contributed by atoms with E-state index in [9.17, 15) is 0 Å². The first-order chi connectivity index (χ1) is 9.29. The van der Waals surface area contributed by atoms with Gasteiger partial charge in [0.05, 0.1) is 0 Å². The van der Waals surface area contributed by atoms with E-state index in [4.69, 9.17) is 11.0 Å². The molecule has 1 aromatic carbocycles. The Bertz CT molecular complexity index is 659. The van der Waals surface area contributed by atoms with Crippen LogP contribution in [0.1, 0.15) is 16.8 Å². The molecule has 2 N–H and O–H groups in total. The number of hydrogen-bond donors (Lipinski definition) is 1. The van der Waals surface area contributed by atoms with Crippen LogP contribution >= 0.6 is 0 Å². The normalized spacial score (nSPS) is 13.7. The van der Waals surface area contributed by atoms with Gasteiger partial charge in [-0.05, 0) is 23.6 Å². The van der Waals surface area contributed by atoms with Crippen LogP contribution in [0.4, 0.5) is 11.5 Å². The Morgan fingerprint density at radius 1 is 1.26 bits per heavy atom. The molecule has 1 aliphatic rings. The Hall–Kier alpha value is -2.61. The fraction of sp³-hybridized carbons (Fsp3) is 0.214. The van der Waals surface area contributed by atoms with Gasteiger partial charge in [-0.2, -0.15) is 5.26 Å². The van der Waals surface area contributed by atoms with E-state index in [1.54, 1.807) is 6.20 Å². The Balaban J connectivity index is 1.96. The molecule has 94 valence electrons. The number of nitrogen functional groups attached to an aromatic ring is 1. The van der Waals surface area contributed by atoms with Gasteiger partial charge >= 0.3 is 0 Å². The topological polar surface area (TPSA) is 78.8 Å². The minimum absolute atomic E-state index is 0.370. The Morgan fingerprint density at radius 2 is 2.11 bits per heavy atom. The molecule has 3 rings (SSSR count). The Morgan fingerprint density at radius 3 is 2.95 bits per heavy atom. The van der Waals surface area contributed by atoms with E-state index in [1.807, 2.05) is 12.1 Å². The van der Waals surface area contributed by atoms with E-state index in [0.717, 1.165) is 18.7 Å². The molecule has 5 heteroatoms. The number of fused-ring (bicyclic) bond motifs is 1. The van der Waals surface area contributed by atoms with Crippen LogP contribution < -0.4 is 10.6 Å². The van der Waals surface area contributed by atoms with Gasteiger partial charge in [-0.3, -0.25) is 0 Å². The van der Waals surface area contributed by atoms with Crippen LogP contribution in [0.25, 0.3) is 0 Å². The molecular weight excluding hydrogens is 238 g/mol. The van der Waals surface area contributed by atoms with E-state index in [0.29, 0.717) is 18.1 Å². The van der Waals surface area contributed by atoms with Gasteiger partial charge in [-0.1, -0.05) is 12.1 Å². The largest absolute Gasteiger partial charge is 0.398 e. The van der Waals surface area contributed by atoms with E-state index in [-0.39, 0.29) is 0 Å². The maximum atomic E-state index is 9.09. The summed E-state index contributed by atoms with van der Waals surface area (Å²) in [4.78, 5) is 10.4. The van der Waals surface area contributed by atoms with E-state index in [2.05, 4.69) is 27.0 Å². The quantitative estimate of drug-likeness (QED) is 0.777. The molecular formula is C14H13N5. The first-order valence-electron chi connectivity index (χ1n) is 6.12. The van der Waals surface area contributed by atoms with Crippen molar-refractivity contribution in [2.75, 3.05) is 17.2 Å². The van der Waals surface area contributed by atoms with Crippen molar-refractivity contribution in [2.45, 2.75) is 13.0 Å². The van der Waals surface area contributed by atoms with Gasteiger partial charge in [-0.15, -0.1) is 0 Å². The zero-order valence-electron chi connectivity index (χ0n) is 10.4. The van der Waals surface area contributed by atoms with Gasteiger partial charge in [0.25, 0.3) is 0 Å². The molecule has 0 saturated carbocycles. The first kappa shape index (κ1) is 11.5. The van der Waals surface area contributed by atoms with Crippen molar-refractivity contribution in [1.29, 1.82) is 5.26 Å². The third-order valence-electron chi connectivity index (χ3n) is 3.39. The maximum absolute atomic E-state index is 9.09. The Labute approximate surface area is 111 Å². The minimum atomic E-state index is 0.370. The van der Waals surface area contributed by atoms with Gasteiger partial charge < -0.3 is 10.6 Å². The zero-order chi connectivity index (χ0) is 13.2. The highest BCUT2D eigenvalue weighted by Crippen LogP contribution is 2.27. The molecule has 19 heavy (non-hydrogen) atoms. The number of rotatable bonds is 1. The van der Waals surface area contributed by atoms with Crippen molar-refractivity contribution in [2.24, 2.45) is 0 Å².